The molecule has 1 amide bonds. The SMILES string of the molecule is CCNc1ccc(COC(=O)Nc2sc(-c3ccc(OC)cc3OC)nc2C)cc1C=N. The second-order valence-corrected chi connectivity index (χ2v) is 7.80. The number of carbonyl (C=O) groups excluding carboxylic acids is 1. The van der Waals surface area contributed by atoms with Crippen LogP contribution in [0, 0.1) is 12.3 Å². The van der Waals surface area contributed by atoms with Crippen LogP contribution >= 0.6 is 11.3 Å². The molecule has 3 rings (SSSR count). The number of nitrogens with zero attached hydrogens (tertiary/aromatic N) is 1. The van der Waals surface area contributed by atoms with Gasteiger partial charge in [-0.15, -0.1) is 0 Å². The van der Waals surface area contributed by atoms with Crippen LogP contribution in [0.4, 0.5) is 15.5 Å². The second kappa shape index (κ2) is 10.6. The molecule has 32 heavy (non-hydrogen) atoms. The molecule has 9 heteroatoms. The molecule has 0 radical (unpaired) electrons. The van der Waals surface area contributed by atoms with E-state index in [4.69, 9.17) is 19.6 Å². The fourth-order valence-electron chi connectivity index (χ4n) is 3.05. The molecule has 1 aromatic heterocycles. The third-order valence-corrected chi connectivity index (χ3v) is 5.77. The number of nitrogens with one attached hydrogen (secondary N) is 3. The van der Waals surface area contributed by atoms with Crippen molar-refractivity contribution in [2.75, 3.05) is 31.4 Å². The molecule has 168 valence electrons. The van der Waals surface area contributed by atoms with Gasteiger partial charge in [-0.3, -0.25) is 5.32 Å². The quantitative estimate of drug-likeness (QED) is 0.378. The van der Waals surface area contributed by atoms with Crippen LogP contribution in [0.25, 0.3) is 10.6 Å². The lowest BCUT2D eigenvalue weighted by Gasteiger charge is -2.10. The Bertz CT molecular complexity index is 1110. The minimum Gasteiger partial charge on any atom is -0.497 e. The number of carbonyl (C=O) groups is 1. The molecule has 0 atom stereocenters. The lowest BCUT2D eigenvalue weighted by molar-refractivity contribution is 0.155. The highest BCUT2D eigenvalue weighted by molar-refractivity contribution is 7.19. The van der Waals surface area contributed by atoms with Gasteiger partial charge in [0.25, 0.3) is 0 Å². The summed E-state index contributed by atoms with van der Waals surface area (Å²) in [6.45, 7) is 4.67. The Balaban J connectivity index is 1.68. The van der Waals surface area contributed by atoms with E-state index in [1.54, 1.807) is 20.3 Å². The third kappa shape index (κ3) is 5.36. The first-order chi connectivity index (χ1) is 15.5. The van der Waals surface area contributed by atoms with Crippen molar-refractivity contribution in [2.45, 2.75) is 20.5 Å². The molecule has 0 bridgehead atoms. The molecule has 0 spiro atoms. The zero-order chi connectivity index (χ0) is 23.1. The summed E-state index contributed by atoms with van der Waals surface area (Å²) in [5, 5.41) is 14.8. The molecule has 2 aromatic carbocycles. The normalized spacial score (nSPS) is 10.4. The summed E-state index contributed by atoms with van der Waals surface area (Å²) in [6, 6.07) is 11.1. The van der Waals surface area contributed by atoms with Crippen LogP contribution in [0.15, 0.2) is 36.4 Å². The molecular weight excluding hydrogens is 428 g/mol. The van der Waals surface area contributed by atoms with Crippen molar-refractivity contribution in [3.63, 3.8) is 0 Å². The fourth-order valence-corrected chi connectivity index (χ4v) is 4.04. The Morgan fingerprint density at radius 2 is 2.00 bits per heavy atom. The summed E-state index contributed by atoms with van der Waals surface area (Å²) >= 11 is 1.34. The van der Waals surface area contributed by atoms with Gasteiger partial charge in [0, 0.05) is 30.1 Å². The smallest absolute Gasteiger partial charge is 0.412 e. The first-order valence-corrected chi connectivity index (χ1v) is 10.8. The third-order valence-electron chi connectivity index (χ3n) is 4.66. The van der Waals surface area contributed by atoms with Crippen molar-refractivity contribution >= 4 is 34.3 Å². The van der Waals surface area contributed by atoms with Gasteiger partial charge in [0.05, 0.1) is 25.5 Å². The maximum absolute atomic E-state index is 12.4. The Kier molecular flexibility index (Phi) is 7.67. The molecule has 8 nitrogen and oxygen atoms in total. The lowest BCUT2D eigenvalue weighted by Crippen LogP contribution is -2.13. The molecular formula is C23H26N4O4S. The van der Waals surface area contributed by atoms with E-state index in [0.29, 0.717) is 27.2 Å². The van der Waals surface area contributed by atoms with Crippen LogP contribution in [0.1, 0.15) is 23.7 Å². The standard InChI is InChI=1S/C23H26N4O4S/c1-5-25-19-9-6-15(10-16(19)12-24)13-31-23(28)27-21-14(2)26-22(32-21)18-8-7-17(29-3)11-20(18)30-4/h6-12,24-25H,5,13H2,1-4H3,(H,27,28). The fraction of sp³-hybridized carbons (Fsp3) is 0.261. The van der Waals surface area contributed by atoms with Gasteiger partial charge in [-0.05, 0) is 43.7 Å². The van der Waals surface area contributed by atoms with E-state index >= 15 is 0 Å². The average molecular weight is 455 g/mol. The van der Waals surface area contributed by atoms with E-state index in [1.807, 2.05) is 44.2 Å². The number of hydrogen-bond acceptors (Lipinski definition) is 8. The van der Waals surface area contributed by atoms with Crippen LogP contribution in [-0.2, 0) is 11.3 Å². The monoisotopic (exact) mass is 454 g/mol. The number of benzene rings is 2. The molecule has 0 aliphatic carbocycles. The van der Waals surface area contributed by atoms with Gasteiger partial charge in [-0.25, -0.2) is 9.78 Å². The Morgan fingerprint density at radius 1 is 1.19 bits per heavy atom. The number of thiazole rings is 1. The van der Waals surface area contributed by atoms with Crippen LogP contribution in [0.5, 0.6) is 11.5 Å². The number of anilines is 2. The van der Waals surface area contributed by atoms with Crippen LogP contribution < -0.4 is 20.1 Å². The molecule has 0 aliphatic rings. The van der Waals surface area contributed by atoms with Gasteiger partial charge < -0.3 is 24.9 Å². The van der Waals surface area contributed by atoms with Gasteiger partial charge in [0.15, 0.2) is 0 Å². The van der Waals surface area contributed by atoms with E-state index in [1.165, 1.54) is 17.6 Å². The maximum atomic E-state index is 12.4. The first-order valence-electron chi connectivity index (χ1n) is 9.99. The highest BCUT2D eigenvalue weighted by atomic mass is 32.1. The Morgan fingerprint density at radius 3 is 2.69 bits per heavy atom. The summed E-state index contributed by atoms with van der Waals surface area (Å²) in [5.41, 5.74) is 3.90. The summed E-state index contributed by atoms with van der Waals surface area (Å²) in [6.07, 6.45) is 0.703. The molecule has 0 unspecified atom stereocenters. The van der Waals surface area contributed by atoms with Crippen molar-refractivity contribution in [3.8, 4) is 22.1 Å². The number of aryl methyl sites for hydroxylation is 1. The van der Waals surface area contributed by atoms with Crippen molar-refractivity contribution in [1.82, 2.24) is 4.98 Å². The van der Waals surface area contributed by atoms with E-state index < -0.39 is 6.09 Å². The van der Waals surface area contributed by atoms with Gasteiger partial charge in [0.2, 0.25) is 0 Å². The van der Waals surface area contributed by atoms with Gasteiger partial charge in [-0.1, -0.05) is 17.4 Å². The Labute approximate surface area is 191 Å². The molecule has 0 aliphatic heterocycles. The second-order valence-electron chi connectivity index (χ2n) is 6.80. The maximum Gasteiger partial charge on any atom is 0.412 e. The first kappa shape index (κ1) is 23.1. The molecule has 0 fully saturated rings. The summed E-state index contributed by atoms with van der Waals surface area (Å²) in [7, 11) is 3.18. The molecule has 0 saturated carbocycles. The topological polar surface area (TPSA) is 106 Å². The Hall–Kier alpha value is -3.59. The lowest BCUT2D eigenvalue weighted by atomic mass is 10.1. The van der Waals surface area contributed by atoms with Crippen LogP contribution in [-0.4, -0.2) is 38.1 Å². The molecule has 3 N–H and O–H groups in total. The van der Waals surface area contributed by atoms with Gasteiger partial charge >= 0.3 is 6.09 Å². The number of aromatic nitrogens is 1. The predicted octanol–water partition coefficient (Wildman–Crippen LogP) is 5.31. The van der Waals surface area contributed by atoms with Crippen molar-refractivity contribution in [1.29, 1.82) is 5.41 Å². The zero-order valence-electron chi connectivity index (χ0n) is 18.4. The molecule has 3 aromatic rings. The van der Waals surface area contributed by atoms with Crippen LogP contribution in [0.2, 0.25) is 0 Å². The van der Waals surface area contributed by atoms with E-state index in [-0.39, 0.29) is 6.61 Å². The number of hydrogen-bond donors (Lipinski definition) is 3. The molecule has 0 saturated heterocycles. The molecule has 1 heterocycles. The minimum atomic E-state index is -0.572. The van der Waals surface area contributed by atoms with E-state index in [9.17, 15) is 4.79 Å². The highest BCUT2D eigenvalue weighted by Gasteiger charge is 2.16. The van der Waals surface area contributed by atoms with Gasteiger partial charge in [0.1, 0.15) is 28.1 Å². The van der Waals surface area contributed by atoms with Gasteiger partial charge in [-0.2, -0.15) is 0 Å². The van der Waals surface area contributed by atoms with E-state index in [2.05, 4.69) is 15.6 Å². The highest BCUT2D eigenvalue weighted by Crippen LogP contribution is 2.38. The van der Waals surface area contributed by atoms with Crippen LogP contribution in [0.3, 0.4) is 0 Å². The minimum absolute atomic E-state index is 0.0933. The number of amides is 1. The summed E-state index contributed by atoms with van der Waals surface area (Å²) < 4.78 is 16.1. The van der Waals surface area contributed by atoms with Crippen molar-refractivity contribution in [2.24, 2.45) is 0 Å². The summed E-state index contributed by atoms with van der Waals surface area (Å²) in [4.78, 5) is 16.9. The number of rotatable bonds is 9. The number of ether oxygens (including phenoxy) is 3. The largest absolute Gasteiger partial charge is 0.497 e. The zero-order valence-corrected chi connectivity index (χ0v) is 19.3. The van der Waals surface area contributed by atoms with Crippen molar-refractivity contribution in [3.05, 3.63) is 53.2 Å². The summed E-state index contributed by atoms with van der Waals surface area (Å²) in [5.74, 6) is 1.32. The predicted molar refractivity (Wildman–Crippen MR) is 128 cm³/mol. The van der Waals surface area contributed by atoms with Crippen molar-refractivity contribution < 1.29 is 19.0 Å². The number of methoxy groups -OCH3 is 2. The average Bonchev–Trinajstić information content (AvgIpc) is 3.17. The van der Waals surface area contributed by atoms with E-state index in [0.717, 1.165) is 28.9 Å².